The van der Waals surface area contributed by atoms with Gasteiger partial charge in [-0.2, -0.15) is 0 Å². The molecule has 0 spiro atoms. The summed E-state index contributed by atoms with van der Waals surface area (Å²) in [5, 5.41) is 0. The van der Waals surface area contributed by atoms with Gasteiger partial charge in [0.15, 0.2) is 11.6 Å². The number of carbonyl (C=O) groups excluding carboxylic acids is 2. The molecule has 0 saturated heterocycles. The van der Waals surface area contributed by atoms with Crippen molar-refractivity contribution >= 4 is 11.6 Å². The third kappa shape index (κ3) is 11.3. The maximum atomic E-state index is 10.3. The summed E-state index contributed by atoms with van der Waals surface area (Å²) in [4.78, 5) is 20.6. The molecule has 0 saturated carbocycles. The van der Waals surface area contributed by atoms with Gasteiger partial charge in [-0.05, 0) is 24.3 Å². The Hall–Kier alpha value is -0.687. The molecule has 3 heteroatoms. The van der Waals surface area contributed by atoms with Gasteiger partial charge in [0, 0.05) is 7.43 Å². The summed E-state index contributed by atoms with van der Waals surface area (Å²) in [6.45, 7) is 0. The number of rotatable bonds is 0. The summed E-state index contributed by atoms with van der Waals surface area (Å²) in [5.74, 6) is -0.241. The molecule has 13 heavy (non-hydrogen) atoms. The average molecular weight is 271 g/mol. The normalized spacial score (nSPS) is 10.8. The van der Waals surface area contributed by atoms with Gasteiger partial charge in [-0.1, -0.05) is 0 Å². The van der Waals surface area contributed by atoms with Crippen LogP contribution < -0.4 is 0 Å². The molecule has 0 unspecified atom stereocenters. The Labute approximate surface area is 94.9 Å². The molecule has 0 radical (unpaired) electrons. The van der Waals surface area contributed by atoms with E-state index in [1.54, 1.807) is 0 Å². The molecular formula is C10H16O2Rh+. The van der Waals surface area contributed by atoms with Crippen LogP contribution >= 0.6 is 0 Å². The van der Waals surface area contributed by atoms with Crippen LogP contribution in [0.4, 0.5) is 0 Å². The minimum atomic E-state index is -0.121. The van der Waals surface area contributed by atoms with E-state index in [9.17, 15) is 9.59 Å². The summed E-state index contributed by atoms with van der Waals surface area (Å²) in [5.41, 5.74) is 0. The molecule has 0 bridgehead atoms. The average Bonchev–Trinajstić information content (AvgIpc) is 1.77. The molecular weight excluding hydrogens is 255 g/mol. The van der Waals surface area contributed by atoms with Crippen molar-refractivity contribution < 1.29 is 29.1 Å². The monoisotopic (exact) mass is 271 g/mol. The molecule has 0 atom stereocenters. The largest absolute Gasteiger partial charge is 3.00 e. The van der Waals surface area contributed by atoms with Crippen molar-refractivity contribution in [3.63, 3.8) is 0 Å². The Bertz CT molecular complexity index is 155. The van der Waals surface area contributed by atoms with Crippen LogP contribution in [0.15, 0.2) is 24.3 Å². The van der Waals surface area contributed by atoms with Crippen molar-refractivity contribution in [2.24, 2.45) is 0 Å². The maximum absolute atomic E-state index is 10.3. The standard InChI is InChI=1S/C6H4O2.4CH3.Rh/c7-5-1-2-6(8)4-3-5;;;;;/h1-4H;4*1H3;/q;3*-1;+1;+3. The minimum Gasteiger partial charge on any atom is -0.358 e. The number of ketones is 2. The van der Waals surface area contributed by atoms with Gasteiger partial charge in [0.1, 0.15) is 0 Å². The smallest absolute Gasteiger partial charge is 0.358 e. The number of carbonyl (C=O) groups is 2. The van der Waals surface area contributed by atoms with Crippen molar-refractivity contribution in [2.75, 3.05) is 0 Å². The maximum Gasteiger partial charge on any atom is 3.00 e. The molecule has 0 aromatic rings. The van der Waals surface area contributed by atoms with E-state index in [2.05, 4.69) is 0 Å². The van der Waals surface area contributed by atoms with E-state index in [1.807, 2.05) is 0 Å². The van der Waals surface area contributed by atoms with Crippen molar-refractivity contribution in [2.45, 2.75) is 0 Å². The Morgan fingerprint density at radius 2 is 0.846 bits per heavy atom. The molecule has 1 aliphatic carbocycles. The first kappa shape index (κ1) is 29.5. The van der Waals surface area contributed by atoms with E-state index in [-0.39, 0.29) is 60.8 Å². The van der Waals surface area contributed by atoms with Gasteiger partial charge in [-0.25, -0.2) is 0 Å². The van der Waals surface area contributed by atoms with E-state index in [4.69, 9.17) is 0 Å². The third-order valence-electron chi connectivity index (χ3n) is 0.824. The van der Waals surface area contributed by atoms with Crippen molar-refractivity contribution in [1.29, 1.82) is 0 Å². The molecule has 1 rings (SSSR count). The summed E-state index contributed by atoms with van der Waals surface area (Å²) in [6.07, 6.45) is 5.01. The molecule has 0 fully saturated rings. The SMILES string of the molecule is O=C1C=CC(=O)C=C1.[CH3+].[CH3-].[CH3-].[CH3-].[Rh+3]. The number of allylic oxidation sites excluding steroid dienone is 4. The molecule has 76 valence electrons. The summed E-state index contributed by atoms with van der Waals surface area (Å²) in [6, 6.07) is 0. The van der Waals surface area contributed by atoms with Gasteiger partial charge in [0.05, 0.1) is 0 Å². The Kier molecular flexibility index (Phi) is 31.4. The fraction of sp³-hybridized carbons (Fsp3) is 0. The van der Waals surface area contributed by atoms with Crippen molar-refractivity contribution in [1.82, 2.24) is 0 Å². The molecule has 0 N–H and O–H groups in total. The second-order valence-electron chi connectivity index (χ2n) is 1.47. The second-order valence-corrected chi connectivity index (χ2v) is 1.47. The van der Waals surface area contributed by atoms with Gasteiger partial charge < -0.3 is 22.3 Å². The molecule has 0 heterocycles. The van der Waals surface area contributed by atoms with Crippen LogP contribution in [0.5, 0.6) is 0 Å². The number of hydrogen-bond acceptors (Lipinski definition) is 2. The Balaban J connectivity index is -0.0000000427. The summed E-state index contributed by atoms with van der Waals surface area (Å²) in [7, 11) is 0. The second kappa shape index (κ2) is 13.9. The minimum absolute atomic E-state index is 0. The van der Waals surface area contributed by atoms with Gasteiger partial charge in [0.2, 0.25) is 0 Å². The van der Waals surface area contributed by atoms with Crippen LogP contribution in [0.2, 0.25) is 0 Å². The van der Waals surface area contributed by atoms with Gasteiger partial charge >= 0.3 is 19.5 Å². The topological polar surface area (TPSA) is 34.1 Å². The van der Waals surface area contributed by atoms with Crippen molar-refractivity contribution in [3.8, 4) is 0 Å². The molecule has 2 nitrogen and oxygen atoms in total. The molecule has 0 aromatic carbocycles. The first-order valence-corrected chi connectivity index (χ1v) is 2.23. The zero-order valence-corrected chi connectivity index (χ0v) is 10.1. The Morgan fingerprint density at radius 3 is 1.00 bits per heavy atom. The van der Waals surface area contributed by atoms with Crippen molar-refractivity contribution in [3.05, 3.63) is 54.0 Å². The zero-order chi connectivity index (χ0) is 5.98. The molecule has 0 aromatic heterocycles. The van der Waals surface area contributed by atoms with E-state index >= 15 is 0 Å². The van der Waals surface area contributed by atoms with Crippen LogP contribution in [-0.2, 0) is 29.1 Å². The number of hydrogen-bond donors (Lipinski definition) is 0. The molecule has 0 aliphatic heterocycles. The van der Waals surface area contributed by atoms with E-state index in [1.165, 1.54) is 24.3 Å². The van der Waals surface area contributed by atoms with E-state index < -0.39 is 0 Å². The fourth-order valence-corrected chi connectivity index (χ4v) is 0.440. The fourth-order valence-electron chi connectivity index (χ4n) is 0.440. The molecule has 0 amide bonds. The quantitative estimate of drug-likeness (QED) is 0.384. The zero-order valence-electron chi connectivity index (χ0n) is 8.46. The Morgan fingerprint density at radius 1 is 0.692 bits per heavy atom. The first-order chi connectivity index (χ1) is 3.79. The van der Waals surface area contributed by atoms with Crippen LogP contribution in [0.3, 0.4) is 0 Å². The van der Waals surface area contributed by atoms with E-state index in [0.717, 1.165) is 0 Å². The first-order valence-electron chi connectivity index (χ1n) is 2.23. The molecule has 1 aliphatic rings. The predicted octanol–water partition coefficient (Wildman–Crippen LogP) is 2.05. The van der Waals surface area contributed by atoms with Gasteiger partial charge in [-0.3, -0.25) is 9.59 Å². The van der Waals surface area contributed by atoms with Gasteiger partial charge in [-0.15, -0.1) is 0 Å². The van der Waals surface area contributed by atoms with Crippen LogP contribution in [0.1, 0.15) is 0 Å². The van der Waals surface area contributed by atoms with Crippen LogP contribution in [-0.4, -0.2) is 11.6 Å². The summed E-state index contributed by atoms with van der Waals surface area (Å²) < 4.78 is 0. The van der Waals surface area contributed by atoms with Crippen LogP contribution in [0.25, 0.3) is 0 Å². The predicted molar refractivity (Wildman–Crippen MR) is 54.0 cm³/mol. The van der Waals surface area contributed by atoms with E-state index in [0.29, 0.717) is 0 Å². The third-order valence-corrected chi connectivity index (χ3v) is 0.824. The van der Waals surface area contributed by atoms with Crippen LogP contribution in [0, 0.1) is 29.7 Å². The van der Waals surface area contributed by atoms with Gasteiger partial charge in [0.25, 0.3) is 0 Å². The summed E-state index contributed by atoms with van der Waals surface area (Å²) >= 11 is 0.